The van der Waals surface area contributed by atoms with E-state index in [-0.39, 0.29) is 0 Å². The normalized spacial score (nSPS) is 11.9. The average Bonchev–Trinajstić information content (AvgIpc) is 2.66. The highest BCUT2D eigenvalue weighted by Crippen LogP contribution is 2.30. The van der Waals surface area contributed by atoms with E-state index in [1.165, 1.54) is 21.5 Å². The third kappa shape index (κ3) is 2.37. The summed E-state index contributed by atoms with van der Waals surface area (Å²) in [6.07, 6.45) is 0. The van der Waals surface area contributed by atoms with Crippen LogP contribution in [0.15, 0.2) is 84.9 Å². The number of hydrogen-bond acceptors (Lipinski definition) is 2. The van der Waals surface area contributed by atoms with Crippen molar-refractivity contribution in [2.75, 3.05) is 6.54 Å². The van der Waals surface area contributed by atoms with E-state index in [2.05, 4.69) is 60.7 Å². The highest BCUT2D eigenvalue weighted by Gasteiger charge is 2.28. The highest BCUT2D eigenvalue weighted by atomic mass is 14.8. The van der Waals surface area contributed by atoms with Gasteiger partial charge in [0, 0.05) is 6.54 Å². The Labute approximate surface area is 141 Å². The molecule has 0 unspecified atom stereocenters. The van der Waals surface area contributed by atoms with Crippen molar-refractivity contribution in [1.29, 1.82) is 0 Å². The molecule has 4 N–H and O–H groups in total. The van der Waals surface area contributed by atoms with Crippen molar-refractivity contribution in [2.24, 2.45) is 11.5 Å². The number of fused-ring (bicyclic) bond motifs is 2. The monoisotopic (exact) mass is 312 g/mol. The van der Waals surface area contributed by atoms with E-state index in [4.69, 9.17) is 11.5 Å². The van der Waals surface area contributed by atoms with Crippen molar-refractivity contribution in [3.8, 4) is 0 Å². The van der Waals surface area contributed by atoms with Crippen molar-refractivity contribution in [1.82, 2.24) is 0 Å². The van der Waals surface area contributed by atoms with E-state index in [0.29, 0.717) is 6.54 Å². The fourth-order valence-corrected chi connectivity index (χ4v) is 3.34. The topological polar surface area (TPSA) is 52.0 Å². The number of hydrogen-bond donors (Lipinski definition) is 2. The maximum absolute atomic E-state index is 6.80. The van der Waals surface area contributed by atoms with E-state index in [0.717, 1.165) is 11.1 Å². The second-order valence-electron chi connectivity index (χ2n) is 6.30. The van der Waals surface area contributed by atoms with Gasteiger partial charge in [0.2, 0.25) is 0 Å². The molecule has 0 aliphatic carbocycles. The van der Waals surface area contributed by atoms with Gasteiger partial charge in [0.05, 0.1) is 5.54 Å². The summed E-state index contributed by atoms with van der Waals surface area (Å²) < 4.78 is 0. The molecule has 4 aromatic carbocycles. The van der Waals surface area contributed by atoms with Gasteiger partial charge in [-0.2, -0.15) is 0 Å². The van der Waals surface area contributed by atoms with Crippen LogP contribution in [0.4, 0.5) is 0 Å². The molecule has 118 valence electrons. The minimum Gasteiger partial charge on any atom is -0.328 e. The predicted molar refractivity (Wildman–Crippen MR) is 102 cm³/mol. The molecule has 0 aliphatic rings. The zero-order valence-electron chi connectivity index (χ0n) is 13.4. The smallest absolute Gasteiger partial charge is 0.0790 e. The Hall–Kier alpha value is -2.68. The van der Waals surface area contributed by atoms with Crippen LogP contribution < -0.4 is 11.5 Å². The van der Waals surface area contributed by atoms with Crippen LogP contribution in [0, 0.1) is 0 Å². The Morgan fingerprint density at radius 1 is 0.583 bits per heavy atom. The lowest BCUT2D eigenvalue weighted by atomic mass is 9.82. The van der Waals surface area contributed by atoms with Crippen LogP contribution >= 0.6 is 0 Å². The zero-order chi connectivity index (χ0) is 16.6. The van der Waals surface area contributed by atoms with Crippen LogP contribution in [0.3, 0.4) is 0 Å². The quantitative estimate of drug-likeness (QED) is 0.597. The molecule has 0 saturated heterocycles. The van der Waals surface area contributed by atoms with Crippen LogP contribution in [-0.2, 0) is 5.54 Å². The summed E-state index contributed by atoms with van der Waals surface area (Å²) in [5.74, 6) is 0. The molecule has 0 fully saturated rings. The summed E-state index contributed by atoms with van der Waals surface area (Å²) >= 11 is 0. The summed E-state index contributed by atoms with van der Waals surface area (Å²) in [4.78, 5) is 0. The summed E-state index contributed by atoms with van der Waals surface area (Å²) in [6.45, 7) is 0.351. The maximum Gasteiger partial charge on any atom is 0.0790 e. The van der Waals surface area contributed by atoms with Crippen molar-refractivity contribution in [2.45, 2.75) is 5.54 Å². The van der Waals surface area contributed by atoms with Crippen molar-refractivity contribution < 1.29 is 0 Å². The van der Waals surface area contributed by atoms with Gasteiger partial charge in [-0.05, 0) is 44.8 Å². The Kier molecular flexibility index (Phi) is 3.57. The van der Waals surface area contributed by atoms with Crippen molar-refractivity contribution in [3.05, 3.63) is 96.1 Å². The van der Waals surface area contributed by atoms with Crippen molar-refractivity contribution in [3.63, 3.8) is 0 Å². The van der Waals surface area contributed by atoms with Crippen LogP contribution in [0.5, 0.6) is 0 Å². The molecule has 0 aliphatic heterocycles. The van der Waals surface area contributed by atoms with Crippen molar-refractivity contribution >= 4 is 21.5 Å². The van der Waals surface area contributed by atoms with Crippen LogP contribution in [0.2, 0.25) is 0 Å². The summed E-state index contributed by atoms with van der Waals surface area (Å²) in [6, 6.07) is 29.3. The Bertz CT molecular complexity index is 941. The van der Waals surface area contributed by atoms with Gasteiger partial charge in [0.15, 0.2) is 0 Å². The average molecular weight is 312 g/mol. The molecule has 4 aromatic rings. The molecule has 0 radical (unpaired) electrons. The SMILES string of the molecule is NCC(N)(c1ccc2ccccc2c1)c1ccc2ccccc2c1. The molecular formula is C22H20N2. The molecule has 2 nitrogen and oxygen atoms in total. The van der Waals surface area contributed by atoms with Crippen LogP contribution in [-0.4, -0.2) is 6.54 Å². The number of benzene rings is 4. The first-order valence-electron chi connectivity index (χ1n) is 8.18. The molecule has 0 aromatic heterocycles. The van der Waals surface area contributed by atoms with Gasteiger partial charge < -0.3 is 11.5 Å². The Morgan fingerprint density at radius 3 is 1.42 bits per heavy atom. The van der Waals surface area contributed by atoms with Gasteiger partial charge in [0.1, 0.15) is 0 Å². The van der Waals surface area contributed by atoms with Gasteiger partial charge in [0.25, 0.3) is 0 Å². The molecular weight excluding hydrogens is 292 g/mol. The summed E-state index contributed by atoms with van der Waals surface area (Å²) in [5, 5.41) is 4.77. The fraction of sp³-hybridized carbons (Fsp3) is 0.0909. The van der Waals surface area contributed by atoms with Gasteiger partial charge in [-0.3, -0.25) is 0 Å². The first-order chi connectivity index (χ1) is 11.7. The minimum atomic E-state index is -0.700. The van der Waals surface area contributed by atoms with E-state index >= 15 is 0 Å². The predicted octanol–water partition coefficient (Wildman–Crippen LogP) is 4.15. The molecule has 0 spiro atoms. The van der Waals surface area contributed by atoms with Gasteiger partial charge in [-0.15, -0.1) is 0 Å². The summed E-state index contributed by atoms with van der Waals surface area (Å²) in [7, 11) is 0. The Morgan fingerprint density at radius 2 is 1.00 bits per heavy atom. The lowest BCUT2D eigenvalue weighted by Gasteiger charge is -2.30. The molecule has 0 amide bonds. The minimum absolute atomic E-state index is 0.351. The molecule has 24 heavy (non-hydrogen) atoms. The second-order valence-corrected chi connectivity index (χ2v) is 6.30. The van der Waals surface area contributed by atoms with Gasteiger partial charge in [-0.25, -0.2) is 0 Å². The van der Waals surface area contributed by atoms with E-state index < -0.39 is 5.54 Å². The lowest BCUT2D eigenvalue weighted by Crippen LogP contribution is -2.45. The number of rotatable bonds is 3. The van der Waals surface area contributed by atoms with E-state index in [1.807, 2.05) is 24.3 Å². The molecule has 0 atom stereocenters. The largest absolute Gasteiger partial charge is 0.328 e. The van der Waals surface area contributed by atoms with Crippen LogP contribution in [0.1, 0.15) is 11.1 Å². The molecule has 2 heteroatoms. The van der Waals surface area contributed by atoms with E-state index in [9.17, 15) is 0 Å². The maximum atomic E-state index is 6.80. The zero-order valence-corrected chi connectivity index (χ0v) is 13.4. The Balaban J connectivity index is 1.89. The highest BCUT2D eigenvalue weighted by molar-refractivity contribution is 5.85. The first-order valence-corrected chi connectivity index (χ1v) is 8.18. The standard InChI is InChI=1S/C22H20N2/c23-15-22(24,20-11-9-16-5-1-3-7-18(16)13-20)21-12-10-17-6-2-4-8-19(17)14-21/h1-14H,15,23-24H2. The molecule has 0 saturated carbocycles. The van der Waals surface area contributed by atoms with Gasteiger partial charge >= 0.3 is 0 Å². The fourth-order valence-electron chi connectivity index (χ4n) is 3.34. The van der Waals surface area contributed by atoms with Crippen LogP contribution in [0.25, 0.3) is 21.5 Å². The number of nitrogens with two attached hydrogens (primary N) is 2. The van der Waals surface area contributed by atoms with Gasteiger partial charge in [-0.1, -0.05) is 72.8 Å². The second kappa shape index (κ2) is 5.75. The molecule has 4 rings (SSSR count). The lowest BCUT2D eigenvalue weighted by molar-refractivity contribution is 0.553. The first kappa shape index (κ1) is 14.9. The van der Waals surface area contributed by atoms with E-state index in [1.54, 1.807) is 0 Å². The third-order valence-electron chi connectivity index (χ3n) is 4.85. The molecule has 0 bridgehead atoms. The third-order valence-corrected chi connectivity index (χ3v) is 4.85. The molecule has 0 heterocycles. The summed E-state index contributed by atoms with van der Waals surface area (Å²) in [5.41, 5.74) is 14.3.